The van der Waals surface area contributed by atoms with Gasteiger partial charge in [0, 0.05) is 66.7 Å². The molecule has 0 saturated heterocycles. The van der Waals surface area contributed by atoms with E-state index in [9.17, 15) is 0 Å². The fourth-order valence-electron chi connectivity index (χ4n) is 11.0. The maximum atomic E-state index is 2.65. The van der Waals surface area contributed by atoms with Gasteiger partial charge in [-0.05, 0) is 137 Å². The summed E-state index contributed by atoms with van der Waals surface area (Å²) < 4.78 is 5.25. The predicted octanol–water partition coefficient (Wildman–Crippen LogP) is 15.2. The molecule has 2 aliphatic heterocycles. The van der Waals surface area contributed by atoms with E-state index in [-0.39, 0.29) is 12.1 Å². The number of aromatic nitrogens is 1. The lowest BCUT2D eigenvalue weighted by Gasteiger charge is -2.41. The number of para-hydroxylation sites is 4. The molecule has 11 aromatic rings. The SMILES string of the molecule is Cc1cc2c3c(c1)-n1c4c(ccc(N(c5ccccc5)c5ccccc5)c4c4sc5ccccc5c41)B3c1ccc(N(c3ccccc3)c3ccccc3)cc1N2c1cccc(C(C)(C)C)c1. The molecule has 0 bridgehead atoms. The Hall–Kier alpha value is -7.80. The molecule has 0 unspecified atom stereocenters. The van der Waals surface area contributed by atoms with Gasteiger partial charge in [-0.3, -0.25) is 0 Å². The van der Waals surface area contributed by atoms with Gasteiger partial charge < -0.3 is 19.3 Å². The molecule has 0 N–H and O–H groups in total. The molecule has 6 heteroatoms. The highest BCUT2D eigenvalue weighted by atomic mass is 32.1. The molecular formula is C61H47BN4S. The van der Waals surface area contributed by atoms with E-state index in [0.717, 1.165) is 34.1 Å². The summed E-state index contributed by atoms with van der Waals surface area (Å²) in [6.07, 6.45) is 0. The Balaban J connectivity index is 1.15. The van der Waals surface area contributed by atoms with E-state index in [2.05, 4.69) is 259 Å². The van der Waals surface area contributed by atoms with Crippen molar-refractivity contribution in [3.05, 3.63) is 223 Å². The third-order valence-electron chi connectivity index (χ3n) is 13.9. The highest BCUT2D eigenvalue weighted by molar-refractivity contribution is 7.27. The maximum absolute atomic E-state index is 2.65. The summed E-state index contributed by atoms with van der Waals surface area (Å²) in [4.78, 5) is 7.42. The van der Waals surface area contributed by atoms with Gasteiger partial charge in [0.1, 0.15) is 0 Å². The minimum Gasteiger partial charge on any atom is -0.311 e. The number of thiophene rings is 1. The summed E-state index contributed by atoms with van der Waals surface area (Å²) in [5.74, 6) is 0. The van der Waals surface area contributed by atoms with Gasteiger partial charge in [0.25, 0.3) is 6.71 Å². The highest BCUT2D eigenvalue weighted by Gasteiger charge is 2.44. The number of anilines is 9. The molecule has 2 aliphatic rings. The third kappa shape index (κ3) is 6.13. The second kappa shape index (κ2) is 15.1. The van der Waals surface area contributed by atoms with Gasteiger partial charge in [-0.25, -0.2) is 0 Å². The van der Waals surface area contributed by atoms with Crippen LogP contribution in [0.1, 0.15) is 31.9 Å². The molecule has 4 nitrogen and oxygen atoms in total. The number of fused-ring (bicyclic) bond motifs is 9. The van der Waals surface area contributed by atoms with E-state index in [4.69, 9.17) is 0 Å². The smallest absolute Gasteiger partial charge is 0.252 e. The number of aryl methyl sites for hydroxylation is 1. The quantitative estimate of drug-likeness (QED) is 0.148. The number of benzene rings is 9. The van der Waals surface area contributed by atoms with Crippen LogP contribution in [0.25, 0.3) is 36.9 Å². The summed E-state index contributed by atoms with van der Waals surface area (Å²) in [6.45, 7) is 9.18. The largest absolute Gasteiger partial charge is 0.311 e. The first-order valence-corrected chi connectivity index (χ1v) is 24.1. The first kappa shape index (κ1) is 39.6. The molecule has 9 aromatic carbocycles. The van der Waals surface area contributed by atoms with Crippen LogP contribution in [0.3, 0.4) is 0 Å². The normalized spacial score (nSPS) is 12.7. The van der Waals surface area contributed by atoms with Gasteiger partial charge in [0.15, 0.2) is 0 Å². The monoisotopic (exact) mass is 878 g/mol. The van der Waals surface area contributed by atoms with Crippen LogP contribution in [0.4, 0.5) is 51.2 Å². The Bertz CT molecular complexity index is 3630. The average molecular weight is 879 g/mol. The lowest BCUT2D eigenvalue weighted by Crippen LogP contribution is -2.60. The van der Waals surface area contributed by atoms with Crippen LogP contribution in [-0.4, -0.2) is 11.3 Å². The van der Waals surface area contributed by atoms with Gasteiger partial charge in [-0.15, -0.1) is 11.3 Å². The van der Waals surface area contributed by atoms with E-state index in [1.54, 1.807) is 0 Å². The van der Waals surface area contributed by atoms with Crippen molar-refractivity contribution in [2.24, 2.45) is 0 Å². The van der Waals surface area contributed by atoms with Crippen molar-refractivity contribution in [2.45, 2.75) is 33.1 Å². The lowest BCUT2D eigenvalue weighted by molar-refractivity contribution is 0.590. The van der Waals surface area contributed by atoms with Gasteiger partial charge in [-0.2, -0.15) is 0 Å². The molecule has 0 spiro atoms. The van der Waals surface area contributed by atoms with E-state index in [1.807, 2.05) is 11.3 Å². The van der Waals surface area contributed by atoms with Crippen LogP contribution >= 0.6 is 11.3 Å². The zero-order chi connectivity index (χ0) is 45.0. The fraction of sp³-hybridized carbons (Fsp3) is 0.0820. The molecule has 0 fully saturated rings. The second-order valence-electron chi connectivity index (χ2n) is 19.1. The van der Waals surface area contributed by atoms with Gasteiger partial charge >= 0.3 is 0 Å². The Kier molecular flexibility index (Phi) is 8.93. The van der Waals surface area contributed by atoms with Gasteiger partial charge in [0.05, 0.1) is 21.4 Å². The summed E-state index contributed by atoms with van der Waals surface area (Å²) in [7, 11) is 0. The van der Waals surface area contributed by atoms with Crippen molar-refractivity contribution >= 4 is 117 Å². The molecule has 0 amide bonds. The van der Waals surface area contributed by atoms with Crippen LogP contribution in [0.15, 0.2) is 212 Å². The van der Waals surface area contributed by atoms with Crippen molar-refractivity contribution in [1.29, 1.82) is 0 Å². The summed E-state index contributed by atoms with van der Waals surface area (Å²) in [5, 5.41) is 2.57. The van der Waals surface area contributed by atoms with Crippen molar-refractivity contribution in [3.63, 3.8) is 0 Å². The Labute approximate surface area is 396 Å². The van der Waals surface area contributed by atoms with E-state index in [0.29, 0.717) is 0 Å². The molecule has 0 radical (unpaired) electrons. The molecular weight excluding hydrogens is 832 g/mol. The fourth-order valence-corrected chi connectivity index (χ4v) is 12.2. The van der Waals surface area contributed by atoms with Crippen LogP contribution in [-0.2, 0) is 5.41 Å². The molecule has 0 aliphatic carbocycles. The molecule has 67 heavy (non-hydrogen) atoms. The number of hydrogen-bond acceptors (Lipinski definition) is 4. The van der Waals surface area contributed by atoms with Crippen LogP contribution in [0, 0.1) is 6.92 Å². The van der Waals surface area contributed by atoms with Crippen molar-refractivity contribution in [1.82, 2.24) is 4.57 Å². The van der Waals surface area contributed by atoms with E-state index < -0.39 is 0 Å². The van der Waals surface area contributed by atoms with Crippen LogP contribution in [0.2, 0.25) is 0 Å². The first-order valence-electron chi connectivity index (χ1n) is 23.3. The maximum Gasteiger partial charge on any atom is 0.252 e. The average Bonchev–Trinajstić information content (AvgIpc) is 3.90. The van der Waals surface area contributed by atoms with Crippen LogP contribution < -0.4 is 31.1 Å². The van der Waals surface area contributed by atoms with E-state index >= 15 is 0 Å². The molecule has 4 heterocycles. The Morgan fingerprint density at radius 1 is 0.478 bits per heavy atom. The standard InChI is InChI=1S/C61H47BN4S/c1-40-36-53-57-54(37-40)66-58-48-30-17-18-31-55(48)67-60(58)56-51(64(44-25-13-7-14-26-44)45-27-15-8-16-28-45)35-34-50(59(56)66)62(57)49-33-32-47(63(42-21-9-5-10-22-42)43-23-11-6-12-24-43)39-52(49)65(53)46-29-19-20-41(38-46)61(2,3)4/h5-39H,1-4H3. The lowest BCUT2D eigenvalue weighted by atomic mass is 9.33. The number of rotatable bonds is 7. The summed E-state index contributed by atoms with van der Waals surface area (Å²) in [5.41, 5.74) is 20.6. The topological polar surface area (TPSA) is 14.7 Å². The minimum absolute atomic E-state index is 0.0279. The molecule has 0 saturated carbocycles. The Morgan fingerprint density at radius 2 is 1.06 bits per heavy atom. The summed E-state index contributed by atoms with van der Waals surface area (Å²) >= 11 is 1.92. The van der Waals surface area contributed by atoms with Crippen molar-refractivity contribution < 1.29 is 0 Å². The van der Waals surface area contributed by atoms with Crippen LogP contribution in [0.5, 0.6) is 0 Å². The zero-order valence-electron chi connectivity index (χ0n) is 38.0. The summed E-state index contributed by atoms with van der Waals surface area (Å²) in [6, 6.07) is 78.5. The predicted molar refractivity (Wildman–Crippen MR) is 288 cm³/mol. The minimum atomic E-state index is -0.0329. The van der Waals surface area contributed by atoms with Gasteiger partial charge in [0.2, 0.25) is 0 Å². The molecule has 0 atom stereocenters. The number of hydrogen-bond donors (Lipinski definition) is 0. The zero-order valence-corrected chi connectivity index (χ0v) is 38.8. The van der Waals surface area contributed by atoms with Gasteiger partial charge in [-0.1, -0.05) is 136 Å². The van der Waals surface area contributed by atoms with E-state index in [1.165, 1.54) is 81.5 Å². The highest BCUT2D eigenvalue weighted by Crippen LogP contribution is 2.51. The molecule has 13 rings (SSSR count). The third-order valence-corrected chi connectivity index (χ3v) is 15.1. The van der Waals surface area contributed by atoms with Crippen molar-refractivity contribution in [2.75, 3.05) is 14.7 Å². The second-order valence-corrected chi connectivity index (χ2v) is 20.1. The van der Waals surface area contributed by atoms with Crippen molar-refractivity contribution in [3.8, 4) is 5.69 Å². The number of nitrogens with zero attached hydrogens (tertiary/aromatic N) is 4. The Morgan fingerprint density at radius 3 is 1.70 bits per heavy atom. The molecule has 320 valence electrons. The molecule has 2 aromatic heterocycles. The first-order chi connectivity index (χ1) is 32.8.